The Hall–Kier alpha value is -2.95. The summed E-state index contributed by atoms with van der Waals surface area (Å²) in [6.45, 7) is 14.7. The average Bonchev–Trinajstić information content (AvgIpc) is 3.21. The van der Waals surface area contributed by atoms with Crippen LogP contribution in [0, 0.1) is 0 Å². The maximum absolute atomic E-state index is 13.8. The number of carbonyl (C=O) groups is 1. The van der Waals surface area contributed by atoms with Crippen molar-refractivity contribution in [3.8, 4) is 5.69 Å². The number of aromatic nitrogens is 2. The zero-order valence-corrected chi connectivity index (χ0v) is 19.4. The highest BCUT2D eigenvalue weighted by atomic mass is 19.1. The predicted octanol–water partition coefficient (Wildman–Crippen LogP) is 6.11. The number of hydrogen-bond donors (Lipinski definition) is 0. The minimum atomic E-state index is -1.39. The van der Waals surface area contributed by atoms with Crippen molar-refractivity contribution in [3.05, 3.63) is 72.1 Å². The molecule has 31 heavy (non-hydrogen) atoms. The first kappa shape index (κ1) is 24.3. The normalized spacial score (nSPS) is 16.1. The quantitative estimate of drug-likeness (QED) is 0.526. The number of carbonyl (C=O) groups excluding carboxylic acids is 1. The Kier molecular flexibility index (Phi) is 8.98. The summed E-state index contributed by atoms with van der Waals surface area (Å²) >= 11 is 0. The summed E-state index contributed by atoms with van der Waals surface area (Å²) in [6, 6.07) is 7.89. The van der Waals surface area contributed by atoms with Gasteiger partial charge in [0.15, 0.2) is 12.0 Å². The van der Waals surface area contributed by atoms with Gasteiger partial charge in [0.1, 0.15) is 0 Å². The Labute approximate surface area is 185 Å². The fraction of sp³-hybridized carbons (Fsp3) is 0.385. The predicted molar refractivity (Wildman–Crippen MR) is 129 cm³/mol. The van der Waals surface area contributed by atoms with E-state index in [-0.39, 0.29) is 18.7 Å². The summed E-state index contributed by atoms with van der Waals surface area (Å²) in [5.41, 5.74) is 6.31. The van der Waals surface area contributed by atoms with Crippen molar-refractivity contribution >= 4 is 17.0 Å². The third-order valence-electron chi connectivity index (χ3n) is 5.20. The molecule has 0 spiro atoms. The van der Waals surface area contributed by atoms with Crippen LogP contribution in [0.25, 0.3) is 11.3 Å². The number of anilines is 1. The number of rotatable bonds is 6. The summed E-state index contributed by atoms with van der Waals surface area (Å²) in [5.74, 6) is -0.297. The highest BCUT2D eigenvalue weighted by Gasteiger charge is 2.26. The lowest BCUT2D eigenvalue weighted by Crippen LogP contribution is -2.42. The van der Waals surface area contributed by atoms with Gasteiger partial charge in [-0.2, -0.15) is 5.10 Å². The lowest BCUT2D eigenvalue weighted by atomic mass is 10.0. The van der Waals surface area contributed by atoms with Gasteiger partial charge in [0, 0.05) is 30.4 Å². The number of piperidine rings is 1. The van der Waals surface area contributed by atoms with Gasteiger partial charge in [-0.25, -0.2) is 9.07 Å². The van der Waals surface area contributed by atoms with Gasteiger partial charge in [-0.15, -0.1) is 0 Å². The number of hydrogen-bond acceptors (Lipinski definition) is 3. The molecule has 2 heterocycles. The van der Waals surface area contributed by atoms with Crippen LogP contribution in [-0.4, -0.2) is 34.8 Å². The number of alkyl halides is 1. The molecule has 1 aromatic heterocycles. The number of nitrogens with zero attached hydrogens (tertiary/aromatic N) is 3. The number of benzene rings is 1. The van der Waals surface area contributed by atoms with Crippen LogP contribution in [-0.2, 0) is 11.2 Å². The molecule has 3 rings (SSSR count). The maximum atomic E-state index is 13.8. The van der Waals surface area contributed by atoms with Crippen molar-refractivity contribution in [2.45, 2.75) is 53.6 Å². The molecule has 2 aromatic rings. The smallest absolute Gasteiger partial charge is 0.175 e. The number of aryl methyl sites for hydroxylation is 1. The molecule has 166 valence electrons. The van der Waals surface area contributed by atoms with E-state index in [0.29, 0.717) is 6.54 Å². The van der Waals surface area contributed by atoms with Crippen molar-refractivity contribution < 1.29 is 9.18 Å². The SMILES string of the molecule is C=C/C=C\C(=C(C)C)c1nn(-c2ccc(N3CCC(=O)C(F)C3)cc2)cc1CC.CC. The van der Waals surface area contributed by atoms with E-state index in [1.165, 1.54) is 11.1 Å². The monoisotopic (exact) mass is 423 g/mol. The molecule has 4 nitrogen and oxygen atoms in total. The lowest BCUT2D eigenvalue weighted by Gasteiger charge is -2.30. The van der Waals surface area contributed by atoms with E-state index in [4.69, 9.17) is 5.10 Å². The van der Waals surface area contributed by atoms with Crippen LogP contribution in [0.15, 0.2) is 60.8 Å². The van der Waals surface area contributed by atoms with Gasteiger partial charge in [-0.1, -0.05) is 51.2 Å². The highest BCUT2D eigenvalue weighted by molar-refractivity contribution is 5.85. The Balaban J connectivity index is 0.00000166. The van der Waals surface area contributed by atoms with E-state index in [9.17, 15) is 9.18 Å². The van der Waals surface area contributed by atoms with Crippen molar-refractivity contribution in [2.24, 2.45) is 0 Å². The summed E-state index contributed by atoms with van der Waals surface area (Å²) < 4.78 is 15.6. The standard InChI is InChI=1S/C24H28FN3O.C2H6/c1-5-7-8-21(17(3)4)24-18(6-2)15-28(26-24)20-11-9-19(10-12-20)27-14-13-23(29)22(25)16-27;1-2/h5,7-12,15,22H,1,6,13-14,16H2,2-4H3;1-2H3/b8-7-;. The molecule has 1 aliphatic rings. The molecule has 1 unspecified atom stereocenters. The van der Waals surface area contributed by atoms with Gasteiger partial charge in [-0.05, 0) is 50.1 Å². The molecular weight excluding hydrogens is 389 g/mol. The Morgan fingerprint density at radius 1 is 1.23 bits per heavy atom. The van der Waals surface area contributed by atoms with E-state index in [1.807, 2.05) is 59.8 Å². The molecular formula is C26H34FN3O. The third kappa shape index (κ3) is 5.81. The number of ketones is 1. The largest absolute Gasteiger partial charge is 0.368 e. The van der Waals surface area contributed by atoms with Gasteiger partial charge in [0.25, 0.3) is 0 Å². The molecule has 1 fully saturated rings. The third-order valence-corrected chi connectivity index (χ3v) is 5.20. The molecule has 0 saturated carbocycles. The number of Topliss-reactive ketones (excluding diaryl/α,β-unsaturated/α-hetero) is 1. The summed E-state index contributed by atoms with van der Waals surface area (Å²) in [4.78, 5) is 13.3. The summed E-state index contributed by atoms with van der Waals surface area (Å²) in [6.07, 6.45) is 7.54. The summed E-state index contributed by atoms with van der Waals surface area (Å²) in [5, 5.41) is 4.84. The average molecular weight is 424 g/mol. The Morgan fingerprint density at radius 2 is 1.87 bits per heavy atom. The van der Waals surface area contributed by atoms with Crippen molar-refractivity contribution in [3.63, 3.8) is 0 Å². The van der Waals surface area contributed by atoms with Crippen molar-refractivity contribution in [2.75, 3.05) is 18.0 Å². The fourth-order valence-corrected chi connectivity index (χ4v) is 3.51. The van der Waals surface area contributed by atoms with E-state index in [0.717, 1.165) is 29.1 Å². The van der Waals surface area contributed by atoms with E-state index >= 15 is 0 Å². The van der Waals surface area contributed by atoms with E-state index < -0.39 is 6.17 Å². The first-order valence-electron chi connectivity index (χ1n) is 11.0. The fourth-order valence-electron chi connectivity index (χ4n) is 3.51. The molecule has 1 saturated heterocycles. The van der Waals surface area contributed by atoms with Gasteiger partial charge in [0.2, 0.25) is 0 Å². The molecule has 0 bridgehead atoms. The van der Waals surface area contributed by atoms with Crippen LogP contribution in [0.3, 0.4) is 0 Å². The maximum Gasteiger partial charge on any atom is 0.175 e. The van der Waals surface area contributed by atoms with Crippen molar-refractivity contribution in [1.82, 2.24) is 9.78 Å². The summed E-state index contributed by atoms with van der Waals surface area (Å²) in [7, 11) is 0. The molecule has 0 N–H and O–H groups in total. The Bertz CT molecular complexity index is 950. The van der Waals surface area contributed by atoms with Gasteiger partial charge >= 0.3 is 0 Å². The number of allylic oxidation sites excluding steroid dienone is 5. The molecule has 1 aromatic carbocycles. The molecule has 1 atom stereocenters. The van der Waals surface area contributed by atoms with Crippen LogP contribution in [0.2, 0.25) is 0 Å². The minimum absolute atomic E-state index is 0.129. The molecule has 0 amide bonds. The molecule has 0 aliphatic carbocycles. The van der Waals surface area contributed by atoms with E-state index in [2.05, 4.69) is 33.5 Å². The van der Waals surface area contributed by atoms with Crippen molar-refractivity contribution in [1.29, 1.82) is 0 Å². The first-order valence-corrected chi connectivity index (χ1v) is 11.0. The van der Waals surface area contributed by atoms with E-state index in [1.54, 1.807) is 6.08 Å². The number of halogens is 1. The zero-order chi connectivity index (χ0) is 23.0. The minimum Gasteiger partial charge on any atom is -0.368 e. The second-order valence-electron chi connectivity index (χ2n) is 7.46. The van der Waals surface area contributed by atoms with Crippen LogP contribution in [0.4, 0.5) is 10.1 Å². The van der Waals surface area contributed by atoms with Gasteiger partial charge in [-0.3, -0.25) is 4.79 Å². The lowest BCUT2D eigenvalue weighted by molar-refractivity contribution is -0.124. The van der Waals surface area contributed by atoms with Gasteiger partial charge in [0.05, 0.1) is 17.9 Å². The van der Waals surface area contributed by atoms with Crippen LogP contribution in [0.1, 0.15) is 52.3 Å². The second-order valence-corrected chi connectivity index (χ2v) is 7.46. The molecule has 0 radical (unpaired) electrons. The Morgan fingerprint density at radius 3 is 2.42 bits per heavy atom. The molecule has 5 heteroatoms. The van der Waals surface area contributed by atoms with Crippen LogP contribution >= 0.6 is 0 Å². The van der Waals surface area contributed by atoms with Crippen LogP contribution in [0.5, 0.6) is 0 Å². The van der Waals surface area contributed by atoms with Gasteiger partial charge < -0.3 is 4.90 Å². The second kappa shape index (κ2) is 11.4. The van der Waals surface area contributed by atoms with Crippen LogP contribution < -0.4 is 4.90 Å². The molecule has 1 aliphatic heterocycles. The highest BCUT2D eigenvalue weighted by Crippen LogP contribution is 2.26. The topological polar surface area (TPSA) is 38.1 Å². The zero-order valence-electron chi connectivity index (χ0n) is 19.4. The first-order chi connectivity index (χ1) is 14.9.